The SMILES string of the molecule is CC(C=CC1=C(C)CCCC1(C)C)=CC=CC(C)=Cc1cc(C=CC=C(C)C=CC2=C(C)CCCC2(C)C)cc[n+]1CCO. The van der Waals surface area contributed by atoms with E-state index < -0.39 is 0 Å². The summed E-state index contributed by atoms with van der Waals surface area (Å²) in [6.45, 7) is 21.2. The molecule has 2 heteroatoms. The molecule has 0 aromatic carbocycles. The van der Waals surface area contributed by atoms with Crippen LogP contribution in [-0.4, -0.2) is 11.7 Å². The number of aliphatic hydroxyl groups is 1. The van der Waals surface area contributed by atoms with Crippen molar-refractivity contribution in [3.63, 3.8) is 0 Å². The molecule has 1 N–H and O–H groups in total. The first-order valence-corrected chi connectivity index (χ1v) is 16.6. The predicted octanol–water partition coefficient (Wildman–Crippen LogP) is 11.0. The summed E-state index contributed by atoms with van der Waals surface area (Å²) in [5, 5.41) is 9.64. The fourth-order valence-corrected chi connectivity index (χ4v) is 6.61. The van der Waals surface area contributed by atoms with Crippen LogP contribution in [0.25, 0.3) is 12.2 Å². The Bertz CT molecular complexity index is 1440. The lowest BCUT2D eigenvalue weighted by Crippen LogP contribution is -2.38. The van der Waals surface area contributed by atoms with Gasteiger partial charge in [0.05, 0.1) is 0 Å². The van der Waals surface area contributed by atoms with E-state index in [1.807, 2.05) is 0 Å². The van der Waals surface area contributed by atoms with Crippen molar-refractivity contribution in [1.29, 1.82) is 0 Å². The number of hydrogen-bond acceptors (Lipinski definition) is 1. The number of allylic oxidation sites excluding steroid dienone is 16. The Morgan fingerprint density at radius 2 is 1.32 bits per heavy atom. The van der Waals surface area contributed by atoms with Gasteiger partial charge in [-0.2, -0.15) is 4.57 Å². The van der Waals surface area contributed by atoms with Crippen LogP contribution in [0.3, 0.4) is 0 Å². The second kappa shape index (κ2) is 16.2. The third-order valence-corrected chi connectivity index (χ3v) is 9.29. The Hall–Kier alpha value is -3.23. The molecule has 3 rings (SSSR count). The molecular formula is C42H58NO+. The second-order valence-corrected chi connectivity index (χ2v) is 14.3. The van der Waals surface area contributed by atoms with Crippen molar-refractivity contribution in [3.8, 4) is 0 Å². The maximum absolute atomic E-state index is 9.64. The molecule has 0 radical (unpaired) electrons. The molecule has 44 heavy (non-hydrogen) atoms. The molecule has 0 atom stereocenters. The van der Waals surface area contributed by atoms with E-state index in [-0.39, 0.29) is 17.4 Å². The van der Waals surface area contributed by atoms with Crippen molar-refractivity contribution in [2.75, 3.05) is 6.61 Å². The number of aliphatic hydroxyl groups excluding tert-OH is 1. The van der Waals surface area contributed by atoms with Gasteiger partial charge in [0.2, 0.25) is 5.69 Å². The summed E-state index contributed by atoms with van der Waals surface area (Å²) in [6.07, 6.45) is 33.9. The highest BCUT2D eigenvalue weighted by molar-refractivity contribution is 5.57. The van der Waals surface area contributed by atoms with E-state index in [2.05, 4.69) is 152 Å². The van der Waals surface area contributed by atoms with E-state index in [4.69, 9.17) is 0 Å². The molecule has 2 aliphatic carbocycles. The van der Waals surface area contributed by atoms with Crippen LogP contribution in [0, 0.1) is 10.8 Å². The van der Waals surface area contributed by atoms with Crippen molar-refractivity contribution < 1.29 is 9.67 Å². The summed E-state index contributed by atoms with van der Waals surface area (Å²) in [6, 6.07) is 4.29. The van der Waals surface area contributed by atoms with Gasteiger partial charge in [0.1, 0.15) is 6.61 Å². The monoisotopic (exact) mass is 592 g/mol. The summed E-state index contributed by atoms with van der Waals surface area (Å²) in [5.41, 5.74) is 12.4. The number of aromatic nitrogens is 1. The molecule has 0 bridgehead atoms. The summed E-state index contributed by atoms with van der Waals surface area (Å²) < 4.78 is 2.10. The van der Waals surface area contributed by atoms with Crippen molar-refractivity contribution in [2.24, 2.45) is 10.8 Å². The zero-order valence-electron chi connectivity index (χ0n) is 29.1. The van der Waals surface area contributed by atoms with E-state index in [1.165, 1.54) is 72.0 Å². The molecule has 0 amide bonds. The first-order valence-electron chi connectivity index (χ1n) is 16.6. The molecular weight excluding hydrogens is 534 g/mol. The van der Waals surface area contributed by atoms with E-state index in [0.717, 1.165) is 16.8 Å². The van der Waals surface area contributed by atoms with Gasteiger partial charge in [-0.15, -0.1) is 0 Å². The summed E-state index contributed by atoms with van der Waals surface area (Å²) >= 11 is 0. The van der Waals surface area contributed by atoms with Gasteiger partial charge in [-0.25, -0.2) is 0 Å². The molecule has 2 nitrogen and oxygen atoms in total. The highest BCUT2D eigenvalue weighted by atomic mass is 16.3. The van der Waals surface area contributed by atoms with Crippen LogP contribution in [-0.2, 0) is 6.54 Å². The van der Waals surface area contributed by atoms with Crippen molar-refractivity contribution in [2.45, 2.75) is 107 Å². The largest absolute Gasteiger partial charge is 0.390 e. The van der Waals surface area contributed by atoms with Gasteiger partial charge in [0.15, 0.2) is 12.7 Å². The van der Waals surface area contributed by atoms with Gasteiger partial charge in [-0.3, -0.25) is 0 Å². The summed E-state index contributed by atoms with van der Waals surface area (Å²) in [4.78, 5) is 0. The first-order chi connectivity index (χ1) is 20.8. The van der Waals surface area contributed by atoms with Crippen molar-refractivity contribution >= 4 is 12.2 Å². The first kappa shape index (κ1) is 35.3. The zero-order valence-corrected chi connectivity index (χ0v) is 29.1. The molecule has 0 saturated heterocycles. The van der Waals surface area contributed by atoms with Crippen LogP contribution in [0.15, 0.2) is 112 Å². The highest BCUT2D eigenvalue weighted by Crippen LogP contribution is 2.41. The maximum atomic E-state index is 9.64. The Kier molecular flexibility index (Phi) is 13.0. The average Bonchev–Trinajstić information content (AvgIpc) is 2.93. The molecule has 0 saturated carbocycles. The van der Waals surface area contributed by atoms with Crippen LogP contribution in [0.5, 0.6) is 0 Å². The number of hydrogen-bond donors (Lipinski definition) is 1. The van der Waals surface area contributed by atoms with Gasteiger partial charge in [-0.1, -0.05) is 111 Å². The van der Waals surface area contributed by atoms with Gasteiger partial charge in [0.25, 0.3) is 0 Å². The van der Waals surface area contributed by atoms with Gasteiger partial charge >= 0.3 is 0 Å². The Labute approximate surface area is 269 Å². The van der Waals surface area contributed by atoms with Crippen LogP contribution in [0.4, 0.5) is 0 Å². The second-order valence-electron chi connectivity index (χ2n) is 14.3. The predicted molar refractivity (Wildman–Crippen MR) is 192 cm³/mol. The number of rotatable bonds is 11. The average molecular weight is 593 g/mol. The van der Waals surface area contributed by atoms with E-state index in [1.54, 1.807) is 0 Å². The topological polar surface area (TPSA) is 24.1 Å². The number of pyridine rings is 1. The highest BCUT2D eigenvalue weighted by Gasteiger charge is 2.27. The Balaban J connectivity index is 1.72. The van der Waals surface area contributed by atoms with Crippen LogP contribution >= 0.6 is 0 Å². The Morgan fingerprint density at radius 1 is 0.773 bits per heavy atom. The smallest absolute Gasteiger partial charge is 0.206 e. The molecule has 236 valence electrons. The third kappa shape index (κ3) is 10.4. The van der Waals surface area contributed by atoms with E-state index >= 15 is 0 Å². The standard InChI is InChI=1S/C42H58NO/c1-32(20-22-39-35(4)17-12-25-41(39,6)7)14-10-16-34(3)30-38-31-37(24-27-43(38)28-29-44)19-11-15-33(2)21-23-40-36(5)18-13-26-42(40,8)9/h10-11,14-16,19-24,27,30-31,44H,12-13,17-18,25-26,28-29H2,1-9H3/q+1. The molecule has 1 heterocycles. The molecule has 0 unspecified atom stereocenters. The van der Waals surface area contributed by atoms with E-state index in [0.29, 0.717) is 6.54 Å². The Morgan fingerprint density at radius 3 is 1.84 bits per heavy atom. The fraction of sp³-hybridized carbons (Fsp3) is 0.452. The normalized spacial score (nSPS) is 20.4. The summed E-state index contributed by atoms with van der Waals surface area (Å²) in [5.74, 6) is 0. The number of nitrogens with zero attached hydrogens (tertiary/aromatic N) is 1. The minimum Gasteiger partial charge on any atom is -0.390 e. The molecule has 0 spiro atoms. The maximum Gasteiger partial charge on any atom is 0.206 e. The molecule has 2 aliphatic rings. The lowest BCUT2D eigenvalue weighted by molar-refractivity contribution is -0.699. The molecule has 1 aromatic rings. The van der Waals surface area contributed by atoms with Crippen molar-refractivity contribution in [1.82, 2.24) is 0 Å². The minimum absolute atomic E-state index is 0.109. The minimum atomic E-state index is 0.109. The van der Waals surface area contributed by atoms with E-state index in [9.17, 15) is 5.11 Å². The third-order valence-electron chi connectivity index (χ3n) is 9.29. The molecule has 0 fully saturated rings. The van der Waals surface area contributed by atoms with Gasteiger partial charge in [-0.05, 0) is 106 Å². The fourth-order valence-electron chi connectivity index (χ4n) is 6.61. The lowest BCUT2D eigenvalue weighted by atomic mass is 9.72. The zero-order chi connectivity index (χ0) is 32.3. The van der Waals surface area contributed by atoms with Crippen LogP contribution < -0.4 is 4.57 Å². The molecule has 1 aromatic heterocycles. The quantitative estimate of drug-likeness (QED) is 0.201. The molecule has 0 aliphatic heterocycles. The van der Waals surface area contributed by atoms with Crippen molar-refractivity contribution in [3.05, 3.63) is 123 Å². The van der Waals surface area contributed by atoms with Gasteiger partial charge in [0, 0.05) is 18.2 Å². The van der Waals surface area contributed by atoms with Gasteiger partial charge < -0.3 is 5.11 Å². The lowest BCUT2D eigenvalue weighted by Gasteiger charge is -2.33. The van der Waals surface area contributed by atoms with Crippen LogP contribution in [0.1, 0.15) is 112 Å². The van der Waals surface area contributed by atoms with Crippen LogP contribution in [0.2, 0.25) is 0 Å². The summed E-state index contributed by atoms with van der Waals surface area (Å²) in [7, 11) is 0.